The highest BCUT2D eigenvalue weighted by molar-refractivity contribution is 9.10. The maximum Gasteiger partial charge on any atom is 0.161 e. The van der Waals surface area contributed by atoms with Gasteiger partial charge in [-0.1, -0.05) is 27.5 Å². The number of hydrogen-bond donors (Lipinski definition) is 1. The molecule has 0 saturated heterocycles. The maximum absolute atomic E-state index is 13.9. The average molecular weight is 365 g/mol. The number of hydrogen-bond acceptors (Lipinski definition) is 1. The van der Waals surface area contributed by atoms with Crippen molar-refractivity contribution in [3.05, 3.63) is 68.4 Å². The molecule has 0 aliphatic rings. The van der Waals surface area contributed by atoms with Gasteiger partial charge in [-0.3, -0.25) is 0 Å². The molecule has 1 N–H and O–H groups in total. The van der Waals surface area contributed by atoms with Gasteiger partial charge < -0.3 is 5.32 Å². The van der Waals surface area contributed by atoms with Crippen LogP contribution in [0.5, 0.6) is 0 Å². The Bertz CT molecular complexity index is 649. The summed E-state index contributed by atoms with van der Waals surface area (Å²) in [4.78, 5) is 0. The SMILES string of the molecule is CNC(c1cc(F)c(F)cc1F)c1cc(Cl)ccc1Br. The molecule has 0 heterocycles. The molecule has 1 atom stereocenters. The largest absolute Gasteiger partial charge is 0.309 e. The third-order valence-corrected chi connectivity index (χ3v) is 3.87. The summed E-state index contributed by atoms with van der Waals surface area (Å²) in [6.07, 6.45) is 0. The molecule has 0 spiro atoms. The number of benzene rings is 2. The van der Waals surface area contributed by atoms with E-state index in [9.17, 15) is 13.2 Å². The van der Waals surface area contributed by atoms with Crippen molar-refractivity contribution in [2.45, 2.75) is 6.04 Å². The maximum atomic E-state index is 13.9. The highest BCUT2D eigenvalue weighted by Gasteiger charge is 2.21. The molecule has 0 fully saturated rings. The molecule has 0 aromatic heterocycles. The first-order valence-corrected chi connectivity index (χ1v) is 6.87. The zero-order chi connectivity index (χ0) is 14.9. The van der Waals surface area contributed by atoms with Crippen LogP contribution < -0.4 is 5.32 Å². The Morgan fingerprint density at radius 1 is 1.00 bits per heavy atom. The van der Waals surface area contributed by atoms with Crippen molar-refractivity contribution in [2.75, 3.05) is 7.05 Å². The van der Waals surface area contributed by atoms with E-state index in [1.807, 2.05) is 0 Å². The van der Waals surface area contributed by atoms with Crippen molar-refractivity contribution in [1.29, 1.82) is 0 Å². The van der Waals surface area contributed by atoms with E-state index in [-0.39, 0.29) is 5.56 Å². The summed E-state index contributed by atoms with van der Waals surface area (Å²) in [6.45, 7) is 0. The van der Waals surface area contributed by atoms with Crippen molar-refractivity contribution >= 4 is 27.5 Å². The molecule has 2 aromatic rings. The van der Waals surface area contributed by atoms with Gasteiger partial charge in [0.15, 0.2) is 11.6 Å². The molecule has 0 amide bonds. The van der Waals surface area contributed by atoms with Crippen LogP contribution in [-0.4, -0.2) is 7.05 Å². The summed E-state index contributed by atoms with van der Waals surface area (Å²) < 4.78 is 40.9. The molecule has 1 unspecified atom stereocenters. The quantitative estimate of drug-likeness (QED) is 0.769. The van der Waals surface area contributed by atoms with E-state index in [0.717, 1.165) is 6.07 Å². The van der Waals surface area contributed by atoms with Crippen LogP contribution in [0, 0.1) is 17.5 Å². The van der Waals surface area contributed by atoms with Gasteiger partial charge in [-0.15, -0.1) is 0 Å². The molecule has 2 rings (SSSR count). The van der Waals surface area contributed by atoms with E-state index < -0.39 is 23.5 Å². The zero-order valence-corrected chi connectivity index (χ0v) is 12.7. The van der Waals surface area contributed by atoms with Gasteiger partial charge in [0, 0.05) is 21.1 Å². The minimum atomic E-state index is -1.22. The second-order valence-corrected chi connectivity index (χ2v) is 5.47. The van der Waals surface area contributed by atoms with Crippen LogP contribution in [0.3, 0.4) is 0 Å². The Balaban J connectivity index is 2.58. The fourth-order valence-electron chi connectivity index (χ4n) is 1.97. The summed E-state index contributed by atoms with van der Waals surface area (Å²) >= 11 is 9.26. The molecule has 1 nitrogen and oxygen atoms in total. The molecule has 0 radical (unpaired) electrons. The third kappa shape index (κ3) is 3.00. The second kappa shape index (κ2) is 6.16. The minimum absolute atomic E-state index is 0.00867. The van der Waals surface area contributed by atoms with Crippen LogP contribution in [0.4, 0.5) is 13.2 Å². The van der Waals surface area contributed by atoms with Gasteiger partial charge in [0.25, 0.3) is 0 Å². The summed E-state index contributed by atoms with van der Waals surface area (Å²) in [5, 5.41) is 3.34. The lowest BCUT2D eigenvalue weighted by molar-refractivity contribution is 0.483. The van der Waals surface area contributed by atoms with Gasteiger partial charge in [0.1, 0.15) is 5.82 Å². The van der Waals surface area contributed by atoms with E-state index in [1.54, 1.807) is 25.2 Å². The monoisotopic (exact) mass is 363 g/mol. The van der Waals surface area contributed by atoms with Crippen LogP contribution >= 0.6 is 27.5 Å². The molecule has 106 valence electrons. The first-order chi connectivity index (χ1) is 9.43. The molecular weight excluding hydrogens is 355 g/mol. The lowest BCUT2D eigenvalue weighted by atomic mass is 9.98. The van der Waals surface area contributed by atoms with Crippen LogP contribution in [-0.2, 0) is 0 Å². The molecule has 0 saturated carbocycles. The predicted molar refractivity (Wildman–Crippen MR) is 76.4 cm³/mol. The van der Waals surface area contributed by atoms with E-state index in [1.165, 1.54) is 0 Å². The van der Waals surface area contributed by atoms with Gasteiger partial charge in [-0.2, -0.15) is 0 Å². The van der Waals surface area contributed by atoms with Crippen LogP contribution in [0.2, 0.25) is 5.02 Å². The molecule has 0 aliphatic heterocycles. The lowest BCUT2D eigenvalue weighted by Gasteiger charge is -2.20. The van der Waals surface area contributed by atoms with Gasteiger partial charge in [0.05, 0.1) is 6.04 Å². The van der Waals surface area contributed by atoms with Crippen LogP contribution in [0.15, 0.2) is 34.8 Å². The summed E-state index contributed by atoms with van der Waals surface area (Å²) in [5.74, 6) is -3.14. The smallest absolute Gasteiger partial charge is 0.161 e. The highest BCUT2D eigenvalue weighted by Crippen LogP contribution is 2.32. The van der Waals surface area contributed by atoms with Crippen molar-refractivity contribution in [2.24, 2.45) is 0 Å². The summed E-state index contributed by atoms with van der Waals surface area (Å²) in [6, 6.07) is 5.74. The van der Waals surface area contributed by atoms with E-state index in [0.29, 0.717) is 21.1 Å². The molecule has 20 heavy (non-hydrogen) atoms. The second-order valence-electron chi connectivity index (χ2n) is 4.18. The summed E-state index contributed by atoms with van der Waals surface area (Å²) in [5.41, 5.74) is 0.638. The van der Waals surface area contributed by atoms with Gasteiger partial charge in [-0.05, 0) is 36.9 Å². The Morgan fingerprint density at radius 2 is 1.65 bits per heavy atom. The van der Waals surface area contributed by atoms with Gasteiger partial charge in [0.2, 0.25) is 0 Å². The Labute approximate surface area is 127 Å². The van der Waals surface area contributed by atoms with Gasteiger partial charge in [-0.25, -0.2) is 13.2 Å². The van der Waals surface area contributed by atoms with Gasteiger partial charge >= 0.3 is 0 Å². The van der Waals surface area contributed by atoms with E-state index >= 15 is 0 Å². The Kier molecular flexibility index (Phi) is 4.73. The van der Waals surface area contributed by atoms with E-state index in [4.69, 9.17) is 11.6 Å². The molecule has 0 bridgehead atoms. The molecule has 2 aromatic carbocycles. The Morgan fingerprint density at radius 3 is 2.30 bits per heavy atom. The lowest BCUT2D eigenvalue weighted by Crippen LogP contribution is -2.20. The van der Waals surface area contributed by atoms with Crippen molar-refractivity contribution < 1.29 is 13.2 Å². The number of rotatable bonds is 3. The van der Waals surface area contributed by atoms with E-state index in [2.05, 4.69) is 21.2 Å². The fraction of sp³-hybridized carbons (Fsp3) is 0.143. The topological polar surface area (TPSA) is 12.0 Å². The van der Waals surface area contributed by atoms with Crippen LogP contribution in [0.1, 0.15) is 17.2 Å². The van der Waals surface area contributed by atoms with Crippen molar-refractivity contribution in [3.8, 4) is 0 Å². The summed E-state index contributed by atoms with van der Waals surface area (Å²) in [7, 11) is 1.60. The Hall–Kier alpha value is -1.04. The first-order valence-electron chi connectivity index (χ1n) is 5.70. The molecular formula is C14H10BrClF3N. The average Bonchev–Trinajstić information content (AvgIpc) is 2.40. The third-order valence-electron chi connectivity index (χ3n) is 2.91. The fourth-order valence-corrected chi connectivity index (χ4v) is 2.63. The zero-order valence-electron chi connectivity index (χ0n) is 10.4. The van der Waals surface area contributed by atoms with Crippen molar-refractivity contribution in [3.63, 3.8) is 0 Å². The predicted octanol–water partition coefficient (Wildman–Crippen LogP) is 4.83. The first kappa shape index (κ1) is 15.4. The molecule has 0 aliphatic carbocycles. The van der Waals surface area contributed by atoms with Crippen LogP contribution in [0.25, 0.3) is 0 Å². The number of halogens is 5. The number of nitrogens with one attached hydrogen (secondary N) is 1. The normalized spacial score (nSPS) is 12.5. The minimum Gasteiger partial charge on any atom is -0.309 e. The van der Waals surface area contributed by atoms with Crippen molar-refractivity contribution in [1.82, 2.24) is 5.32 Å². The highest BCUT2D eigenvalue weighted by atomic mass is 79.9. The standard InChI is InChI=1S/C14H10BrClF3N/c1-20-14(8-4-7(16)2-3-10(8)15)9-5-12(18)13(19)6-11(9)17/h2-6,14,20H,1H3. The molecule has 6 heteroatoms.